The molecule has 2 heterocycles. The van der Waals surface area contributed by atoms with Crippen LogP contribution < -0.4 is 10.4 Å². The van der Waals surface area contributed by atoms with E-state index in [2.05, 4.69) is 0 Å². The lowest BCUT2D eigenvalue weighted by atomic mass is 10.1. The van der Waals surface area contributed by atoms with Crippen LogP contribution in [-0.4, -0.2) is 40.6 Å². The van der Waals surface area contributed by atoms with Crippen LogP contribution in [0.25, 0.3) is 11.0 Å². The summed E-state index contributed by atoms with van der Waals surface area (Å²) in [6, 6.07) is 5.76. The number of amides is 1. The first-order valence-electron chi connectivity index (χ1n) is 8.67. The van der Waals surface area contributed by atoms with Crippen LogP contribution in [0.15, 0.2) is 33.5 Å². The summed E-state index contributed by atoms with van der Waals surface area (Å²) in [7, 11) is 0. The van der Waals surface area contributed by atoms with E-state index in [1.165, 1.54) is 11.0 Å². The van der Waals surface area contributed by atoms with E-state index in [0.29, 0.717) is 37.1 Å². The standard InChI is InChI=1S/C19H21NO6/c1-3-12-9-17(21)26-16-10-13(6-7-14(12)16)25-11(2)18(22)20-8-4-5-15(20)19(23)24/h6-7,9-11,15H,3-5,8H2,1-2H3,(H,23,24)/t11-,15+/m1/s1. The maximum absolute atomic E-state index is 12.5. The van der Waals surface area contributed by atoms with E-state index >= 15 is 0 Å². The second-order valence-corrected chi connectivity index (χ2v) is 6.39. The fourth-order valence-electron chi connectivity index (χ4n) is 3.35. The van der Waals surface area contributed by atoms with E-state index in [1.807, 2.05) is 6.92 Å². The fraction of sp³-hybridized carbons (Fsp3) is 0.421. The van der Waals surface area contributed by atoms with Crippen molar-refractivity contribution in [2.45, 2.75) is 45.3 Å². The number of carboxylic acids is 1. The molecule has 1 aliphatic rings. The number of fused-ring (bicyclic) bond motifs is 1. The molecule has 1 N–H and O–H groups in total. The lowest BCUT2D eigenvalue weighted by molar-refractivity contribution is -0.150. The fourth-order valence-corrected chi connectivity index (χ4v) is 3.35. The van der Waals surface area contributed by atoms with Gasteiger partial charge in [-0.2, -0.15) is 0 Å². The smallest absolute Gasteiger partial charge is 0.336 e. The van der Waals surface area contributed by atoms with E-state index in [1.54, 1.807) is 25.1 Å². The van der Waals surface area contributed by atoms with Gasteiger partial charge in [0.1, 0.15) is 17.4 Å². The van der Waals surface area contributed by atoms with Gasteiger partial charge in [-0.3, -0.25) is 4.79 Å². The van der Waals surface area contributed by atoms with Crippen LogP contribution in [0.3, 0.4) is 0 Å². The Balaban J connectivity index is 1.81. The minimum Gasteiger partial charge on any atom is -0.481 e. The number of carbonyl (C=O) groups excluding carboxylic acids is 1. The maximum Gasteiger partial charge on any atom is 0.336 e. The maximum atomic E-state index is 12.5. The number of carboxylic acid groups (broad SMARTS) is 1. The van der Waals surface area contributed by atoms with Crippen molar-refractivity contribution in [3.05, 3.63) is 40.2 Å². The van der Waals surface area contributed by atoms with Gasteiger partial charge in [0.05, 0.1) is 0 Å². The van der Waals surface area contributed by atoms with Crippen LogP contribution in [0.4, 0.5) is 0 Å². The highest BCUT2D eigenvalue weighted by Crippen LogP contribution is 2.25. The Kier molecular flexibility index (Phi) is 4.97. The van der Waals surface area contributed by atoms with Crippen molar-refractivity contribution >= 4 is 22.8 Å². The molecule has 2 atom stereocenters. The predicted molar refractivity (Wildman–Crippen MR) is 94.3 cm³/mol. The molecule has 26 heavy (non-hydrogen) atoms. The van der Waals surface area contributed by atoms with Gasteiger partial charge in [0.25, 0.3) is 5.91 Å². The number of hydrogen-bond donors (Lipinski definition) is 1. The van der Waals surface area contributed by atoms with Crippen LogP contribution in [0.1, 0.15) is 32.3 Å². The second-order valence-electron chi connectivity index (χ2n) is 6.39. The summed E-state index contributed by atoms with van der Waals surface area (Å²) in [5, 5.41) is 10.0. The van der Waals surface area contributed by atoms with Crippen molar-refractivity contribution in [2.24, 2.45) is 0 Å². The number of hydrogen-bond acceptors (Lipinski definition) is 5. The molecular formula is C19H21NO6. The lowest BCUT2D eigenvalue weighted by Crippen LogP contribution is -2.46. The lowest BCUT2D eigenvalue weighted by Gasteiger charge is -2.25. The van der Waals surface area contributed by atoms with Crippen molar-refractivity contribution in [1.29, 1.82) is 0 Å². The van der Waals surface area contributed by atoms with Crippen molar-refractivity contribution in [3.63, 3.8) is 0 Å². The summed E-state index contributed by atoms with van der Waals surface area (Å²) < 4.78 is 10.9. The normalized spacial score (nSPS) is 18.1. The number of benzene rings is 1. The van der Waals surface area contributed by atoms with Crippen LogP contribution in [-0.2, 0) is 16.0 Å². The SMILES string of the molecule is CCc1cc(=O)oc2cc(O[C@H](C)C(=O)N3CCC[C@H]3C(=O)O)ccc12. The highest BCUT2D eigenvalue weighted by Gasteiger charge is 2.36. The molecule has 2 aromatic rings. The Morgan fingerprint density at radius 1 is 1.38 bits per heavy atom. The van der Waals surface area contributed by atoms with Gasteiger partial charge < -0.3 is 19.2 Å². The molecule has 0 radical (unpaired) electrons. The number of aryl methyl sites for hydroxylation is 1. The Hall–Kier alpha value is -2.83. The third-order valence-electron chi connectivity index (χ3n) is 4.66. The average Bonchev–Trinajstić information content (AvgIpc) is 3.09. The highest BCUT2D eigenvalue weighted by molar-refractivity contribution is 5.87. The van der Waals surface area contributed by atoms with Crippen molar-refractivity contribution < 1.29 is 23.8 Å². The number of aliphatic carboxylic acids is 1. The van der Waals surface area contributed by atoms with E-state index in [9.17, 15) is 19.5 Å². The zero-order chi connectivity index (χ0) is 18.8. The molecule has 0 bridgehead atoms. The van der Waals surface area contributed by atoms with Crippen molar-refractivity contribution in [1.82, 2.24) is 4.90 Å². The average molecular weight is 359 g/mol. The molecule has 0 spiro atoms. The zero-order valence-corrected chi connectivity index (χ0v) is 14.7. The van der Waals surface area contributed by atoms with Gasteiger partial charge in [0.2, 0.25) is 0 Å². The largest absolute Gasteiger partial charge is 0.481 e. The third-order valence-corrected chi connectivity index (χ3v) is 4.66. The van der Waals surface area contributed by atoms with E-state index in [0.717, 1.165) is 10.9 Å². The summed E-state index contributed by atoms with van der Waals surface area (Å²) >= 11 is 0. The molecule has 1 aromatic carbocycles. The van der Waals surface area contributed by atoms with Gasteiger partial charge in [0, 0.05) is 24.1 Å². The molecule has 1 fully saturated rings. The molecule has 1 aromatic heterocycles. The van der Waals surface area contributed by atoms with Crippen molar-refractivity contribution in [3.8, 4) is 5.75 Å². The van der Waals surface area contributed by atoms with Gasteiger partial charge in [-0.15, -0.1) is 0 Å². The molecule has 7 heteroatoms. The van der Waals surface area contributed by atoms with Gasteiger partial charge in [0.15, 0.2) is 6.10 Å². The van der Waals surface area contributed by atoms with E-state index < -0.39 is 23.7 Å². The third kappa shape index (κ3) is 3.42. The summed E-state index contributed by atoms with van der Waals surface area (Å²) in [5.74, 6) is -0.970. The molecule has 7 nitrogen and oxygen atoms in total. The van der Waals surface area contributed by atoms with E-state index in [-0.39, 0.29) is 5.91 Å². The Morgan fingerprint density at radius 3 is 2.85 bits per heavy atom. The molecule has 0 saturated carbocycles. The van der Waals surface area contributed by atoms with Gasteiger partial charge in [-0.25, -0.2) is 9.59 Å². The number of ether oxygens (including phenoxy) is 1. The molecule has 1 aliphatic heterocycles. The molecule has 1 amide bonds. The van der Waals surface area contributed by atoms with Crippen LogP contribution in [0.2, 0.25) is 0 Å². The summed E-state index contributed by atoms with van der Waals surface area (Å²) in [6.45, 7) is 3.95. The molecule has 3 rings (SSSR count). The Bertz CT molecular complexity index is 903. The minimum atomic E-state index is -0.998. The van der Waals surface area contributed by atoms with Gasteiger partial charge in [-0.05, 0) is 43.9 Å². The molecule has 1 saturated heterocycles. The number of nitrogens with zero attached hydrogens (tertiary/aromatic N) is 1. The Labute approximate surface area is 150 Å². The summed E-state index contributed by atoms with van der Waals surface area (Å²) in [5.41, 5.74) is 0.848. The number of carbonyl (C=O) groups is 2. The first-order chi connectivity index (χ1) is 12.4. The Morgan fingerprint density at radius 2 is 2.15 bits per heavy atom. The monoisotopic (exact) mass is 359 g/mol. The van der Waals surface area contributed by atoms with Gasteiger partial charge in [-0.1, -0.05) is 6.92 Å². The highest BCUT2D eigenvalue weighted by atomic mass is 16.5. The molecule has 0 unspecified atom stereocenters. The number of rotatable bonds is 5. The predicted octanol–water partition coefficient (Wildman–Crippen LogP) is 2.20. The second kappa shape index (κ2) is 7.19. The van der Waals surface area contributed by atoms with Gasteiger partial charge >= 0.3 is 11.6 Å². The molecular weight excluding hydrogens is 338 g/mol. The zero-order valence-electron chi connectivity index (χ0n) is 14.7. The first kappa shape index (κ1) is 18.0. The van der Waals surface area contributed by atoms with Crippen LogP contribution >= 0.6 is 0 Å². The molecule has 0 aliphatic carbocycles. The summed E-state index contributed by atoms with van der Waals surface area (Å²) in [6.07, 6.45) is 0.974. The van der Waals surface area contributed by atoms with Crippen LogP contribution in [0, 0.1) is 0 Å². The van der Waals surface area contributed by atoms with Crippen LogP contribution in [0.5, 0.6) is 5.75 Å². The topological polar surface area (TPSA) is 97.0 Å². The number of likely N-dealkylation sites (tertiary alicyclic amines) is 1. The first-order valence-corrected chi connectivity index (χ1v) is 8.67. The quantitative estimate of drug-likeness (QED) is 0.822. The minimum absolute atomic E-state index is 0.362. The van der Waals surface area contributed by atoms with E-state index in [4.69, 9.17) is 9.15 Å². The molecule has 138 valence electrons. The summed E-state index contributed by atoms with van der Waals surface area (Å²) in [4.78, 5) is 36.8. The van der Waals surface area contributed by atoms with Crippen molar-refractivity contribution in [2.75, 3.05) is 6.54 Å².